The number of benzene rings is 1. The van der Waals surface area contributed by atoms with Crippen LogP contribution in [0, 0.1) is 11.8 Å². The number of rotatable bonds is 12. The van der Waals surface area contributed by atoms with Gasteiger partial charge in [0.15, 0.2) is 0 Å². The molecule has 0 aromatic heterocycles. The topological polar surface area (TPSA) is 53.5 Å². The van der Waals surface area contributed by atoms with E-state index in [1.807, 2.05) is 6.07 Å². The molecule has 1 aromatic rings. The molecule has 0 aliphatic heterocycles. The van der Waals surface area contributed by atoms with Crippen molar-refractivity contribution in [3.8, 4) is 0 Å². The lowest BCUT2D eigenvalue weighted by molar-refractivity contribution is 0.121. The van der Waals surface area contributed by atoms with E-state index in [0.29, 0.717) is 13.2 Å². The summed E-state index contributed by atoms with van der Waals surface area (Å²) in [7, 11) is 0. The highest BCUT2D eigenvalue weighted by Gasteiger charge is 2.20. The lowest BCUT2D eigenvalue weighted by Gasteiger charge is -2.29. The zero-order valence-electron chi connectivity index (χ0n) is 14.9. The van der Waals surface area contributed by atoms with E-state index < -0.39 is 0 Å². The maximum Gasteiger partial charge on any atom is 0.0717 e. The number of aliphatic hydroxyl groups is 1. The molecule has 1 aliphatic rings. The van der Waals surface area contributed by atoms with Crippen LogP contribution >= 0.6 is 0 Å². The smallest absolute Gasteiger partial charge is 0.0717 e. The van der Waals surface area contributed by atoms with Gasteiger partial charge < -0.3 is 20.5 Å². The predicted molar refractivity (Wildman–Crippen MR) is 99.0 cm³/mol. The molecule has 0 atom stereocenters. The molecule has 4 heteroatoms. The van der Waals surface area contributed by atoms with Crippen molar-refractivity contribution in [3.63, 3.8) is 0 Å². The second-order valence-corrected chi connectivity index (χ2v) is 6.91. The van der Waals surface area contributed by atoms with Crippen LogP contribution in [0.25, 0.3) is 0 Å². The molecule has 1 aromatic carbocycles. The van der Waals surface area contributed by atoms with Crippen LogP contribution in [-0.2, 0) is 11.3 Å². The van der Waals surface area contributed by atoms with Gasteiger partial charge in [-0.05, 0) is 69.1 Å². The molecule has 0 radical (unpaired) electrons. The fraction of sp³-hybridized carbons (Fsp3) is 0.700. The Morgan fingerprint density at radius 2 is 1.54 bits per heavy atom. The molecular formula is C20H34N2O2. The van der Waals surface area contributed by atoms with Crippen LogP contribution in [-0.4, -0.2) is 44.5 Å². The standard InChI is InChI=1S/C20H34N2O2/c23-13-4-11-21-15-18-7-9-19(10-8-18)16-22-12-14-24-17-20-5-2-1-3-6-20/h1-3,5-6,18-19,21-23H,4,7-17H2. The van der Waals surface area contributed by atoms with Gasteiger partial charge in [0.2, 0.25) is 0 Å². The van der Waals surface area contributed by atoms with E-state index in [4.69, 9.17) is 9.84 Å². The second-order valence-electron chi connectivity index (χ2n) is 6.91. The van der Waals surface area contributed by atoms with Gasteiger partial charge in [-0.25, -0.2) is 0 Å². The zero-order chi connectivity index (χ0) is 16.9. The van der Waals surface area contributed by atoms with Crippen LogP contribution in [0.2, 0.25) is 0 Å². The summed E-state index contributed by atoms with van der Waals surface area (Å²) in [6.07, 6.45) is 6.21. The predicted octanol–water partition coefficient (Wildman–Crippen LogP) is 2.57. The first-order valence-corrected chi connectivity index (χ1v) is 9.52. The van der Waals surface area contributed by atoms with Gasteiger partial charge in [-0.2, -0.15) is 0 Å². The summed E-state index contributed by atoms with van der Waals surface area (Å²) >= 11 is 0. The molecule has 3 N–H and O–H groups in total. The third kappa shape index (κ3) is 8.25. The molecular weight excluding hydrogens is 300 g/mol. The first-order chi connectivity index (χ1) is 11.9. The Labute approximate surface area is 147 Å². The van der Waals surface area contributed by atoms with Crippen molar-refractivity contribution in [1.82, 2.24) is 10.6 Å². The molecule has 0 spiro atoms. The van der Waals surface area contributed by atoms with Gasteiger partial charge in [0.1, 0.15) is 0 Å². The minimum Gasteiger partial charge on any atom is -0.396 e. The molecule has 1 aliphatic carbocycles. The Morgan fingerprint density at radius 1 is 0.917 bits per heavy atom. The second kappa shape index (κ2) is 12.4. The van der Waals surface area contributed by atoms with Gasteiger partial charge in [0, 0.05) is 13.2 Å². The lowest BCUT2D eigenvalue weighted by Crippen LogP contribution is -2.32. The van der Waals surface area contributed by atoms with Gasteiger partial charge in [0.25, 0.3) is 0 Å². The third-order valence-electron chi connectivity index (χ3n) is 4.88. The van der Waals surface area contributed by atoms with Crippen LogP contribution in [0.5, 0.6) is 0 Å². The van der Waals surface area contributed by atoms with E-state index in [1.54, 1.807) is 0 Å². The molecule has 0 bridgehead atoms. The highest BCUT2D eigenvalue weighted by Crippen LogP contribution is 2.27. The monoisotopic (exact) mass is 334 g/mol. The minimum atomic E-state index is 0.292. The van der Waals surface area contributed by atoms with E-state index in [-0.39, 0.29) is 0 Å². The van der Waals surface area contributed by atoms with Crippen molar-refractivity contribution in [1.29, 1.82) is 0 Å². The average molecular weight is 335 g/mol. The average Bonchev–Trinajstić information content (AvgIpc) is 2.64. The lowest BCUT2D eigenvalue weighted by atomic mass is 9.82. The van der Waals surface area contributed by atoms with Crippen LogP contribution in [0.3, 0.4) is 0 Å². The molecule has 0 unspecified atom stereocenters. The van der Waals surface area contributed by atoms with Crippen molar-refractivity contribution in [2.24, 2.45) is 11.8 Å². The quantitative estimate of drug-likeness (QED) is 0.514. The summed E-state index contributed by atoms with van der Waals surface area (Å²) in [6.45, 7) is 5.90. The highest BCUT2D eigenvalue weighted by molar-refractivity contribution is 5.13. The van der Waals surface area contributed by atoms with Crippen molar-refractivity contribution in [2.45, 2.75) is 38.7 Å². The first-order valence-electron chi connectivity index (χ1n) is 9.52. The molecule has 136 valence electrons. The van der Waals surface area contributed by atoms with Crippen molar-refractivity contribution < 1.29 is 9.84 Å². The Balaban J connectivity index is 1.42. The molecule has 1 fully saturated rings. The van der Waals surface area contributed by atoms with Gasteiger partial charge in [0.05, 0.1) is 13.2 Å². The van der Waals surface area contributed by atoms with Crippen LogP contribution < -0.4 is 10.6 Å². The molecule has 24 heavy (non-hydrogen) atoms. The number of nitrogens with one attached hydrogen (secondary N) is 2. The molecule has 1 saturated carbocycles. The van der Waals surface area contributed by atoms with Gasteiger partial charge in [-0.15, -0.1) is 0 Å². The van der Waals surface area contributed by atoms with E-state index in [2.05, 4.69) is 34.9 Å². The Hall–Kier alpha value is -0.940. The van der Waals surface area contributed by atoms with E-state index in [1.165, 1.54) is 31.2 Å². The van der Waals surface area contributed by atoms with E-state index >= 15 is 0 Å². The van der Waals surface area contributed by atoms with Crippen molar-refractivity contribution >= 4 is 0 Å². The van der Waals surface area contributed by atoms with E-state index in [0.717, 1.165) is 51.0 Å². The Morgan fingerprint density at radius 3 is 2.17 bits per heavy atom. The van der Waals surface area contributed by atoms with Gasteiger partial charge in [-0.1, -0.05) is 30.3 Å². The van der Waals surface area contributed by atoms with Crippen LogP contribution in [0.15, 0.2) is 30.3 Å². The van der Waals surface area contributed by atoms with E-state index in [9.17, 15) is 0 Å². The van der Waals surface area contributed by atoms with Crippen LogP contribution in [0.1, 0.15) is 37.7 Å². The molecule has 0 amide bonds. The normalized spacial score (nSPS) is 21.0. The number of hydrogen-bond donors (Lipinski definition) is 3. The SMILES string of the molecule is OCCCNCC1CCC(CNCCOCc2ccccc2)CC1. The number of hydrogen-bond acceptors (Lipinski definition) is 4. The Bertz CT molecular complexity index is 405. The third-order valence-corrected chi connectivity index (χ3v) is 4.88. The summed E-state index contributed by atoms with van der Waals surface area (Å²) in [5.74, 6) is 1.65. The zero-order valence-corrected chi connectivity index (χ0v) is 14.9. The minimum absolute atomic E-state index is 0.292. The maximum absolute atomic E-state index is 8.78. The highest BCUT2D eigenvalue weighted by atomic mass is 16.5. The molecule has 4 nitrogen and oxygen atoms in total. The van der Waals surface area contributed by atoms with Gasteiger partial charge in [-0.3, -0.25) is 0 Å². The summed E-state index contributed by atoms with van der Waals surface area (Å²) in [5, 5.41) is 15.8. The molecule has 2 rings (SSSR count). The number of ether oxygens (including phenoxy) is 1. The summed E-state index contributed by atoms with van der Waals surface area (Å²) in [6, 6.07) is 10.3. The Kier molecular flexibility index (Phi) is 10.0. The summed E-state index contributed by atoms with van der Waals surface area (Å²) in [4.78, 5) is 0. The van der Waals surface area contributed by atoms with Crippen LogP contribution in [0.4, 0.5) is 0 Å². The van der Waals surface area contributed by atoms with Crippen molar-refractivity contribution in [2.75, 3.05) is 39.4 Å². The largest absolute Gasteiger partial charge is 0.396 e. The molecule has 0 heterocycles. The molecule has 0 saturated heterocycles. The fourth-order valence-corrected chi connectivity index (χ4v) is 3.36. The van der Waals surface area contributed by atoms with Gasteiger partial charge >= 0.3 is 0 Å². The summed E-state index contributed by atoms with van der Waals surface area (Å²) < 4.78 is 5.70. The summed E-state index contributed by atoms with van der Waals surface area (Å²) in [5.41, 5.74) is 1.24. The first kappa shape index (κ1) is 19.4. The maximum atomic E-state index is 8.78. The fourth-order valence-electron chi connectivity index (χ4n) is 3.36. The van der Waals surface area contributed by atoms with Crippen molar-refractivity contribution in [3.05, 3.63) is 35.9 Å². The number of aliphatic hydroxyl groups excluding tert-OH is 1.